The summed E-state index contributed by atoms with van der Waals surface area (Å²) >= 11 is 3.42. The van der Waals surface area contributed by atoms with Crippen molar-refractivity contribution < 1.29 is 14.6 Å². The first-order chi connectivity index (χ1) is 11.0. The van der Waals surface area contributed by atoms with Gasteiger partial charge in [-0.15, -0.1) is 0 Å². The van der Waals surface area contributed by atoms with Gasteiger partial charge in [0.25, 0.3) is 5.91 Å². The van der Waals surface area contributed by atoms with Crippen LogP contribution in [0.1, 0.15) is 30.6 Å². The Kier molecular flexibility index (Phi) is 6.19. The fraction of sp³-hybridized carbons (Fsp3) is 0.278. The molecule has 0 spiro atoms. The largest absolute Gasteiger partial charge is 0.484 e. The van der Waals surface area contributed by atoms with E-state index in [1.54, 1.807) is 24.3 Å². The zero-order valence-electron chi connectivity index (χ0n) is 13.2. The van der Waals surface area contributed by atoms with Crippen molar-refractivity contribution in [1.29, 1.82) is 0 Å². The number of aliphatic hydroxyl groups excluding tert-OH is 1. The van der Waals surface area contributed by atoms with Crippen molar-refractivity contribution in [2.24, 2.45) is 0 Å². The van der Waals surface area contributed by atoms with Crippen LogP contribution in [0.2, 0.25) is 0 Å². The number of carbonyl (C=O) groups excluding carboxylic acids is 1. The van der Waals surface area contributed by atoms with Crippen LogP contribution in [-0.4, -0.2) is 17.6 Å². The lowest BCUT2D eigenvalue weighted by atomic mass is 10.1. The van der Waals surface area contributed by atoms with E-state index >= 15 is 0 Å². The van der Waals surface area contributed by atoms with Gasteiger partial charge >= 0.3 is 0 Å². The van der Waals surface area contributed by atoms with Gasteiger partial charge in [-0.2, -0.15) is 0 Å². The molecule has 0 saturated heterocycles. The summed E-state index contributed by atoms with van der Waals surface area (Å²) in [5, 5.41) is 12.5. The first kappa shape index (κ1) is 17.5. The van der Waals surface area contributed by atoms with Gasteiger partial charge in [0.1, 0.15) is 5.75 Å². The second-order valence-electron chi connectivity index (χ2n) is 5.29. The van der Waals surface area contributed by atoms with Crippen molar-refractivity contribution in [2.75, 3.05) is 11.9 Å². The second kappa shape index (κ2) is 8.13. The Balaban J connectivity index is 1.87. The highest BCUT2D eigenvalue weighted by atomic mass is 79.9. The molecule has 0 aliphatic carbocycles. The monoisotopic (exact) mass is 377 g/mol. The number of hydrogen-bond acceptors (Lipinski definition) is 3. The van der Waals surface area contributed by atoms with E-state index in [0.29, 0.717) is 12.2 Å². The molecule has 0 heterocycles. The quantitative estimate of drug-likeness (QED) is 0.792. The Labute approximate surface area is 144 Å². The van der Waals surface area contributed by atoms with E-state index < -0.39 is 6.10 Å². The Morgan fingerprint density at radius 3 is 2.57 bits per heavy atom. The summed E-state index contributed by atoms with van der Waals surface area (Å²) in [6.45, 7) is 3.82. The zero-order chi connectivity index (χ0) is 16.8. The van der Waals surface area contributed by atoms with Crippen LogP contribution < -0.4 is 10.1 Å². The highest BCUT2D eigenvalue weighted by molar-refractivity contribution is 9.10. The van der Waals surface area contributed by atoms with Gasteiger partial charge in [0, 0.05) is 10.2 Å². The lowest BCUT2D eigenvalue weighted by Crippen LogP contribution is -2.20. The van der Waals surface area contributed by atoms with Gasteiger partial charge in [0.2, 0.25) is 0 Å². The molecule has 2 N–H and O–H groups in total. The SMILES string of the molecule is CCC(O)c1ccc(OCC(=O)Nc2ccc(Br)c(C)c2)cc1. The summed E-state index contributed by atoms with van der Waals surface area (Å²) in [7, 11) is 0. The Morgan fingerprint density at radius 1 is 1.26 bits per heavy atom. The molecule has 2 aromatic carbocycles. The predicted octanol–water partition coefficient (Wildman–Crippen LogP) is 4.22. The average Bonchev–Trinajstić information content (AvgIpc) is 2.56. The van der Waals surface area contributed by atoms with Crippen molar-refractivity contribution >= 4 is 27.5 Å². The van der Waals surface area contributed by atoms with E-state index in [2.05, 4.69) is 21.2 Å². The summed E-state index contributed by atoms with van der Waals surface area (Å²) in [5.74, 6) is 0.378. The van der Waals surface area contributed by atoms with E-state index in [4.69, 9.17) is 4.74 Å². The molecule has 0 fully saturated rings. The predicted molar refractivity (Wildman–Crippen MR) is 94.7 cm³/mol. The number of aryl methyl sites for hydroxylation is 1. The number of aliphatic hydroxyl groups is 1. The second-order valence-corrected chi connectivity index (χ2v) is 6.15. The van der Waals surface area contributed by atoms with Gasteiger partial charge in [0.05, 0.1) is 6.10 Å². The molecule has 4 nitrogen and oxygen atoms in total. The molecule has 2 rings (SSSR count). The first-order valence-electron chi connectivity index (χ1n) is 7.46. The maximum absolute atomic E-state index is 11.9. The van der Waals surface area contributed by atoms with Crippen LogP contribution in [0.3, 0.4) is 0 Å². The number of nitrogens with one attached hydrogen (secondary N) is 1. The Morgan fingerprint density at radius 2 is 1.96 bits per heavy atom. The first-order valence-corrected chi connectivity index (χ1v) is 8.25. The van der Waals surface area contributed by atoms with E-state index in [1.165, 1.54) is 0 Å². The summed E-state index contributed by atoms with van der Waals surface area (Å²) in [5.41, 5.74) is 2.63. The average molecular weight is 378 g/mol. The minimum absolute atomic E-state index is 0.0647. The van der Waals surface area contributed by atoms with Crippen LogP contribution in [0, 0.1) is 6.92 Å². The van der Waals surface area contributed by atoms with Crippen LogP contribution in [0.15, 0.2) is 46.9 Å². The number of anilines is 1. The summed E-state index contributed by atoms with van der Waals surface area (Å²) < 4.78 is 6.46. The van der Waals surface area contributed by atoms with Gasteiger partial charge in [-0.3, -0.25) is 4.79 Å². The molecule has 5 heteroatoms. The zero-order valence-corrected chi connectivity index (χ0v) is 14.8. The van der Waals surface area contributed by atoms with Crippen molar-refractivity contribution in [2.45, 2.75) is 26.4 Å². The van der Waals surface area contributed by atoms with Crippen LogP contribution in [-0.2, 0) is 4.79 Å². The van der Waals surface area contributed by atoms with E-state index in [1.807, 2.05) is 32.0 Å². The molecule has 1 atom stereocenters. The van der Waals surface area contributed by atoms with E-state index in [-0.39, 0.29) is 12.5 Å². The number of halogens is 1. The lowest BCUT2D eigenvalue weighted by molar-refractivity contribution is -0.118. The molecule has 2 aromatic rings. The molecule has 1 unspecified atom stereocenters. The summed E-state index contributed by atoms with van der Waals surface area (Å²) in [4.78, 5) is 11.9. The molecular weight excluding hydrogens is 358 g/mol. The third kappa shape index (κ3) is 5.08. The third-order valence-electron chi connectivity index (χ3n) is 3.46. The number of ether oxygens (including phenoxy) is 1. The molecule has 122 valence electrons. The fourth-order valence-electron chi connectivity index (χ4n) is 2.09. The highest BCUT2D eigenvalue weighted by Crippen LogP contribution is 2.21. The Hall–Kier alpha value is -1.85. The Bertz CT molecular complexity index is 670. The summed E-state index contributed by atoms with van der Waals surface area (Å²) in [6.07, 6.45) is 0.197. The number of hydrogen-bond donors (Lipinski definition) is 2. The minimum atomic E-state index is -0.465. The molecule has 0 aromatic heterocycles. The van der Waals surface area contributed by atoms with Gasteiger partial charge in [-0.25, -0.2) is 0 Å². The third-order valence-corrected chi connectivity index (χ3v) is 4.35. The van der Waals surface area contributed by atoms with Gasteiger partial charge < -0.3 is 15.2 Å². The molecule has 0 saturated carbocycles. The van der Waals surface area contributed by atoms with Crippen molar-refractivity contribution in [3.63, 3.8) is 0 Å². The molecule has 0 aliphatic rings. The minimum Gasteiger partial charge on any atom is -0.484 e. The highest BCUT2D eigenvalue weighted by Gasteiger charge is 2.07. The standard InChI is InChI=1S/C18H20BrNO3/c1-3-17(21)13-4-7-15(8-5-13)23-11-18(22)20-14-6-9-16(19)12(2)10-14/h4-10,17,21H,3,11H2,1-2H3,(H,20,22). The van der Waals surface area contributed by atoms with Crippen LogP contribution in [0.4, 0.5) is 5.69 Å². The maximum Gasteiger partial charge on any atom is 0.262 e. The van der Waals surface area contributed by atoms with Crippen molar-refractivity contribution in [1.82, 2.24) is 0 Å². The lowest BCUT2D eigenvalue weighted by Gasteiger charge is -2.11. The van der Waals surface area contributed by atoms with Crippen molar-refractivity contribution in [3.8, 4) is 5.75 Å². The van der Waals surface area contributed by atoms with Gasteiger partial charge in [-0.05, 0) is 54.8 Å². The number of carbonyl (C=O) groups is 1. The van der Waals surface area contributed by atoms with E-state index in [0.717, 1.165) is 21.3 Å². The smallest absolute Gasteiger partial charge is 0.262 e. The topological polar surface area (TPSA) is 58.6 Å². The molecule has 1 amide bonds. The molecule has 0 radical (unpaired) electrons. The number of benzene rings is 2. The van der Waals surface area contributed by atoms with Crippen molar-refractivity contribution in [3.05, 3.63) is 58.1 Å². The van der Waals surface area contributed by atoms with Crippen LogP contribution >= 0.6 is 15.9 Å². The maximum atomic E-state index is 11.9. The molecular formula is C18H20BrNO3. The van der Waals surface area contributed by atoms with Crippen LogP contribution in [0.5, 0.6) is 5.75 Å². The number of amides is 1. The summed E-state index contributed by atoms with van der Waals surface area (Å²) in [6, 6.07) is 12.7. The van der Waals surface area contributed by atoms with Crippen LogP contribution in [0.25, 0.3) is 0 Å². The molecule has 23 heavy (non-hydrogen) atoms. The van der Waals surface area contributed by atoms with E-state index in [9.17, 15) is 9.90 Å². The van der Waals surface area contributed by atoms with Gasteiger partial charge in [0.15, 0.2) is 6.61 Å². The fourth-order valence-corrected chi connectivity index (χ4v) is 2.34. The number of rotatable bonds is 6. The molecule has 0 aliphatic heterocycles. The normalized spacial score (nSPS) is 11.8. The molecule has 0 bridgehead atoms. The van der Waals surface area contributed by atoms with Gasteiger partial charge in [-0.1, -0.05) is 35.0 Å².